The van der Waals surface area contributed by atoms with Crippen LogP contribution in [0.25, 0.3) is 11.1 Å². The second-order valence-electron chi connectivity index (χ2n) is 6.31. The Balaban J connectivity index is 1.97. The fourth-order valence-corrected chi connectivity index (χ4v) is 2.81. The van der Waals surface area contributed by atoms with Crippen molar-refractivity contribution in [2.45, 2.75) is 19.9 Å². The van der Waals surface area contributed by atoms with Crippen LogP contribution >= 0.6 is 0 Å². The van der Waals surface area contributed by atoms with Gasteiger partial charge in [-0.15, -0.1) is 0 Å². The molecular formula is C22H18FNO3. The van der Waals surface area contributed by atoms with Gasteiger partial charge >= 0.3 is 0 Å². The van der Waals surface area contributed by atoms with E-state index < -0.39 is 23.8 Å². The van der Waals surface area contributed by atoms with Gasteiger partial charge in [0.1, 0.15) is 5.82 Å². The summed E-state index contributed by atoms with van der Waals surface area (Å²) < 4.78 is 14.9. The van der Waals surface area contributed by atoms with Gasteiger partial charge < -0.3 is 4.57 Å². The molecule has 27 heavy (non-hydrogen) atoms. The van der Waals surface area contributed by atoms with Crippen LogP contribution in [0.1, 0.15) is 29.4 Å². The molecule has 0 aliphatic heterocycles. The molecule has 1 heterocycles. The number of hydrogen-bond donors (Lipinski definition) is 0. The number of hydrogen-bond acceptors (Lipinski definition) is 3. The predicted octanol–water partition coefficient (Wildman–Crippen LogP) is 4.07. The Kier molecular flexibility index (Phi) is 5.41. The summed E-state index contributed by atoms with van der Waals surface area (Å²) in [4.78, 5) is 35.5. The summed E-state index contributed by atoms with van der Waals surface area (Å²) in [7, 11) is 0. The lowest BCUT2D eigenvalue weighted by molar-refractivity contribution is -0.134. The quantitative estimate of drug-likeness (QED) is 0.361. The van der Waals surface area contributed by atoms with Crippen LogP contribution in [0.4, 0.5) is 4.39 Å². The molecule has 0 spiro atoms. The van der Waals surface area contributed by atoms with Crippen molar-refractivity contribution >= 4 is 17.3 Å². The number of carbonyl (C=O) groups is 3. The van der Waals surface area contributed by atoms with E-state index in [1.807, 2.05) is 36.5 Å². The van der Waals surface area contributed by atoms with Crippen molar-refractivity contribution in [3.63, 3.8) is 0 Å². The first-order valence-corrected chi connectivity index (χ1v) is 8.51. The highest BCUT2D eigenvalue weighted by atomic mass is 19.1. The number of rotatable bonds is 7. The van der Waals surface area contributed by atoms with E-state index in [1.54, 1.807) is 22.8 Å². The molecule has 0 aliphatic rings. The number of carbonyl (C=O) groups excluding carboxylic acids is 3. The van der Waals surface area contributed by atoms with E-state index in [2.05, 4.69) is 0 Å². The zero-order chi connectivity index (χ0) is 19.4. The molecule has 4 nitrogen and oxygen atoms in total. The zero-order valence-corrected chi connectivity index (χ0v) is 14.8. The molecule has 0 bridgehead atoms. The summed E-state index contributed by atoms with van der Waals surface area (Å²) in [5.41, 5.74) is 2.92. The van der Waals surface area contributed by atoms with Gasteiger partial charge in [-0.25, -0.2) is 4.39 Å². The number of halogens is 1. The van der Waals surface area contributed by atoms with Crippen molar-refractivity contribution in [2.75, 3.05) is 0 Å². The van der Waals surface area contributed by atoms with Gasteiger partial charge in [0.05, 0.1) is 12.1 Å². The molecule has 0 saturated heterocycles. The first kappa shape index (κ1) is 18.5. The number of Topliss-reactive ketones (excluding diaryl/α,β-unsaturated/α-hetero) is 3. The van der Waals surface area contributed by atoms with Crippen LogP contribution in [0.3, 0.4) is 0 Å². The number of benzene rings is 2. The lowest BCUT2D eigenvalue weighted by Gasteiger charge is -2.08. The third kappa shape index (κ3) is 4.44. The summed E-state index contributed by atoms with van der Waals surface area (Å²) in [6, 6.07) is 17.3. The normalized spacial score (nSPS) is 10.6. The molecular weight excluding hydrogens is 345 g/mol. The zero-order valence-electron chi connectivity index (χ0n) is 14.8. The maximum Gasteiger partial charge on any atom is 0.205 e. The van der Waals surface area contributed by atoms with E-state index in [0.29, 0.717) is 12.2 Å². The number of ketones is 3. The molecule has 0 saturated carbocycles. The largest absolute Gasteiger partial charge is 0.340 e. The topological polar surface area (TPSA) is 56.1 Å². The van der Waals surface area contributed by atoms with Crippen LogP contribution in [0.5, 0.6) is 0 Å². The summed E-state index contributed by atoms with van der Waals surface area (Å²) in [6.07, 6.45) is 1.36. The molecule has 136 valence electrons. The first-order chi connectivity index (χ1) is 12.9. The van der Waals surface area contributed by atoms with E-state index in [0.717, 1.165) is 23.6 Å². The summed E-state index contributed by atoms with van der Waals surface area (Å²) >= 11 is 0. The molecule has 0 amide bonds. The molecule has 0 unspecified atom stereocenters. The molecule has 0 aliphatic carbocycles. The molecule has 0 fully saturated rings. The lowest BCUT2D eigenvalue weighted by Crippen LogP contribution is -2.17. The smallest absolute Gasteiger partial charge is 0.205 e. The van der Waals surface area contributed by atoms with E-state index >= 15 is 0 Å². The minimum absolute atomic E-state index is 0.334. The van der Waals surface area contributed by atoms with Crippen LogP contribution in [-0.4, -0.2) is 21.9 Å². The van der Waals surface area contributed by atoms with Crippen molar-refractivity contribution in [3.8, 4) is 11.1 Å². The molecule has 5 heteroatoms. The van der Waals surface area contributed by atoms with Crippen LogP contribution in [-0.2, 0) is 16.1 Å². The van der Waals surface area contributed by atoms with Gasteiger partial charge in [-0.2, -0.15) is 0 Å². The van der Waals surface area contributed by atoms with Gasteiger partial charge in [0.2, 0.25) is 5.78 Å². The van der Waals surface area contributed by atoms with Gasteiger partial charge in [-0.3, -0.25) is 14.4 Å². The second-order valence-corrected chi connectivity index (χ2v) is 6.31. The number of nitrogens with zero attached hydrogens (tertiary/aromatic N) is 1. The van der Waals surface area contributed by atoms with Crippen molar-refractivity contribution in [2.24, 2.45) is 0 Å². The van der Waals surface area contributed by atoms with Crippen molar-refractivity contribution < 1.29 is 18.8 Å². The van der Waals surface area contributed by atoms with Crippen LogP contribution in [0.15, 0.2) is 66.9 Å². The van der Waals surface area contributed by atoms with Crippen LogP contribution in [0, 0.1) is 5.82 Å². The van der Waals surface area contributed by atoms with E-state index in [9.17, 15) is 18.8 Å². The summed E-state index contributed by atoms with van der Waals surface area (Å²) in [6.45, 7) is 1.50. The highest BCUT2D eigenvalue weighted by Crippen LogP contribution is 2.24. The average Bonchev–Trinajstić information content (AvgIpc) is 3.08. The lowest BCUT2D eigenvalue weighted by atomic mass is 10.1. The SMILES string of the molecule is CC(=O)C(=O)CC(=O)c1cc(-c2ccccc2)cn1Cc1ccc(F)cc1. The van der Waals surface area contributed by atoms with Gasteiger partial charge in [-0.1, -0.05) is 42.5 Å². The average molecular weight is 363 g/mol. The highest BCUT2D eigenvalue weighted by molar-refractivity contribution is 6.40. The van der Waals surface area contributed by atoms with Gasteiger partial charge in [0.15, 0.2) is 11.6 Å². The summed E-state index contributed by atoms with van der Waals surface area (Å²) in [5, 5.41) is 0. The molecule has 1 aromatic heterocycles. The Morgan fingerprint density at radius 1 is 0.926 bits per heavy atom. The van der Waals surface area contributed by atoms with Crippen molar-refractivity contribution in [1.29, 1.82) is 0 Å². The third-order valence-electron chi connectivity index (χ3n) is 4.27. The predicted molar refractivity (Wildman–Crippen MR) is 100 cm³/mol. The molecule has 0 N–H and O–H groups in total. The Morgan fingerprint density at radius 2 is 1.59 bits per heavy atom. The van der Waals surface area contributed by atoms with E-state index in [-0.39, 0.29) is 5.82 Å². The third-order valence-corrected chi connectivity index (χ3v) is 4.27. The summed E-state index contributed by atoms with van der Waals surface area (Å²) in [5.74, 6) is -2.10. The Labute approximate surface area is 156 Å². The van der Waals surface area contributed by atoms with Gasteiger partial charge in [0, 0.05) is 25.2 Å². The molecule has 2 aromatic carbocycles. The second kappa shape index (κ2) is 7.91. The molecule has 3 aromatic rings. The molecule has 0 atom stereocenters. The Bertz CT molecular complexity index is 988. The maximum atomic E-state index is 13.1. The molecule has 3 rings (SSSR count). The minimum Gasteiger partial charge on any atom is -0.340 e. The monoisotopic (exact) mass is 363 g/mol. The van der Waals surface area contributed by atoms with E-state index in [4.69, 9.17) is 0 Å². The highest BCUT2D eigenvalue weighted by Gasteiger charge is 2.20. The Morgan fingerprint density at radius 3 is 2.22 bits per heavy atom. The minimum atomic E-state index is -0.712. The van der Waals surface area contributed by atoms with Crippen molar-refractivity contribution in [1.82, 2.24) is 4.57 Å². The van der Waals surface area contributed by atoms with Crippen molar-refractivity contribution in [3.05, 3.63) is 83.9 Å². The standard InChI is InChI=1S/C22H18FNO3/c1-15(25)21(26)12-22(27)20-11-18(17-5-3-2-4-6-17)14-24(20)13-16-7-9-19(23)10-8-16/h2-11,14H,12-13H2,1H3. The van der Waals surface area contributed by atoms with Gasteiger partial charge in [-0.05, 0) is 29.3 Å². The van der Waals surface area contributed by atoms with Gasteiger partial charge in [0.25, 0.3) is 0 Å². The first-order valence-electron chi connectivity index (χ1n) is 8.51. The van der Waals surface area contributed by atoms with Crippen LogP contribution in [0.2, 0.25) is 0 Å². The fraction of sp³-hybridized carbons (Fsp3) is 0.136. The molecule has 0 radical (unpaired) electrons. The maximum absolute atomic E-state index is 13.1. The van der Waals surface area contributed by atoms with Crippen LogP contribution < -0.4 is 0 Å². The number of aromatic nitrogens is 1. The van der Waals surface area contributed by atoms with E-state index in [1.165, 1.54) is 12.1 Å². The fourth-order valence-electron chi connectivity index (χ4n) is 2.81. The Hall–Kier alpha value is -3.34.